The Balaban J connectivity index is 2.34. The molecule has 0 aromatic heterocycles. The van der Waals surface area contributed by atoms with Gasteiger partial charge in [-0.2, -0.15) is 0 Å². The topological polar surface area (TPSA) is 55.8 Å². The van der Waals surface area contributed by atoms with Gasteiger partial charge in [0.1, 0.15) is 0 Å². The lowest BCUT2D eigenvalue weighted by Gasteiger charge is -2.19. The van der Waals surface area contributed by atoms with Crippen LogP contribution in [-0.2, 0) is 14.3 Å². The predicted molar refractivity (Wildman–Crippen MR) is 64.6 cm³/mol. The number of rotatable bonds is 6. The van der Waals surface area contributed by atoms with Crippen molar-refractivity contribution in [3.05, 3.63) is 0 Å². The highest BCUT2D eigenvalue weighted by Crippen LogP contribution is 2.29. The molecule has 17 heavy (non-hydrogen) atoms. The number of hydrogen-bond acceptors (Lipinski definition) is 4. The van der Waals surface area contributed by atoms with Gasteiger partial charge in [-0.3, -0.25) is 4.79 Å². The standard InChI is InChI=1S/C13H24O4/c1-4-5-10(14)8-11-6-7-12(17-11)9(2)13(15)16-3/h9-12,14H,4-8H2,1-3H3/t9-,10-,11-,12+/m0/s1. The highest BCUT2D eigenvalue weighted by Gasteiger charge is 2.34. The predicted octanol–water partition coefficient (Wildman–Crippen LogP) is 1.89. The highest BCUT2D eigenvalue weighted by atomic mass is 16.5. The average Bonchev–Trinajstić information content (AvgIpc) is 2.75. The van der Waals surface area contributed by atoms with Crippen LogP contribution < -0.4 is 0 Å². The van der Waals surface area contributed by atoms with E-state index in [0.29, 0.717) is 6.42 Å². The number of aliphatic hydroxyl groups excluding tert-OH is 1. The summed E-state index contributed by atoms with van der Waals surface area (Å²) in [5, 5.41) is 9.72. The third-order valence-electron chi connectivity index (χ3n) is 3.43. The van der Waals surface area contributed by atoms with Crippen LogP contribution in [0.3, 0.4) is 0 Å². The molecule has 1 saturated heterocycles. The molecule has 0 radical (unpaired) electrons. The largest absolute Gasteiger partial charge is 0.469 e. The number of carbonyl (C=O) groups excluding carboxylic acids is 1. The smallest absolute Gasteiger partial charge is 0.311 e. The van der Waals surface area contributed by atoms with Gasteiger partial charge in [-0.15, -0.1) is 0 Å². The molecule has 0 unspecified atom stereocenters. The van der Waals surface area contributed by atoms with Gasteiger partial charge in [-0.1, -0.05) is 13.3 Å². The maximum Gasteiger partial charge on any atom is 0.311 e. The van der Waals surface area contributed by atoms with Crippen molar-refractivity contribution < 1.29 is 19.4 Å². The average molecular weight is 244 g/mol. The van der Waals surface area contributed by atoms with Gasteiger partial charge in [0.2, 0.25) is 0 Å². The SMILES string of the molecule is CCC[C@H](O)C[C@@H]1CC[C@H]([C@H](C)C(=O)OC)O1. The van der Waals surface area contributed by atoms with Crippen LogP contribution in [0.2, 0.25) is 0 Å². The normalized spacial score (nSPS) is 27.8. The maximum atomic E-state index is 11.4. The van der Waals surface area contributed by atoms with Gasteiger partial charge in [-0.05, 0) is 32.6 Å². The van der Waals surface area contributed by atoms with Crippen LogP contribution in [0.5, 0.6) is 0 Å². The molecule has 0 aliphatic carbocycles. The Bertz CT molecular complexity index is 242. The van der Waals surface area contributed by atoms with E-state index in [1.165, 1.54) is 7.11 Å². The second kappa shape index (κ2) is 6.97. The molecular formula is C13H24O4. The molecule has 1 heterocycles. The summed E-state index contributed by atoms with van der Waals surface area (Å²) < 4.78 is 10.5. The van der Waals surface area contributed by atoms with Crippen LogP contribution in [0.4, 0.5) is 0 Å². The van der Waals surface area contributed by atoms with E-state index in [-0.39, 0.29) is 30.2 Å². The van der Waals surface area contributed by atoms with E-state index >= 15 is 0 Å². The van der Waals surface area contributed by atoms with E-state index in [1.54, 1.807) is 0 Å². The fourth-order valence-electron chi connectivity index (χ4n) is 2.37. The number of ether oxygens (including phenoxy) is 2. The van der Waals surface area contributed by atoms with Crippen LogP contribution in [0, 0.1) is 5.92 Å². The Morgan fingerprint density at radius 3 is 2.82 bits per heavy atom. The van der Waals surface area contributed by atoms with Gasteiger partial charge in [0.15, 0.2) is 0 Å². The first-order valence-electron chi connectivity index (χ1n) is 6.49. The molecule has 0 aromatic rings. The molecule has 1 aliphatic rings. The van der Waals surface area contributed by atoms with Crippen molar-refractivity contribution in [2.75, 3.05) is 7.11 Å². The van der Waals surface area contributed by atoms with Gasteiger partial charge in [0.05, 0.1) is 31.3 Å². The fourth-order valence-corrected chi connectivity index (χ4v) is 2.37. The summed E-state index contributed by atoms with van der Waals surface area (Å²) in [4.78, 5) is 11.4. The van der Waals surface area contributed by atoms with Crippen LogP contribution >= 0.6 is 0 Å². The second-order valence-electron chi connectivity index (χ2n) is 4.86. The van der Waals surface area contributed by atoms with Crippen molar-refractivity contribution in [2.45, 2.75) is 64.3 Å². The first-order chi connectivity index (χ1) is 8.08. The highest BCUT2D eigenvalue weighted by molar-refractivity contribution is 5.72. The lowest BCUT2D eigenvalue weighted by Crippen LogP contribution is -2.28. The second-order valence-corrected chi connectivity index (χ2v) is 4.86. The first kappa shape index (κ1) is 14.5. The van der Waals surface area contributed by atoms with Crippen molar-refractivity contribution in [1.29, 1.82) is 0 Å². The zero-order valence-electron chi connectivity index (χ0n) is 11.0. The third-order valence-corrected chi connectivity index (χ3v) is 3.43. The Morgan fingerprint density at radius 1 is 1.53 bits per heavy atom. The molecule has 1 aliphatic heterocycles. The molecule has 0 amide bonds. The van der Waals surface area contributed by atoms with Crippen LogP contribution in [0.25, 0.3) is 0 Å². The monoisotopic (exact) mass is 244 g/mol. The van der Waals surface area contributed by atoms with E-state index in [0.717, 1.165) is 25.7 Å². The molecule has 0 spiro atoms. The van der Waals surface area contributed by atoms with Gasteiger partial charge in [-0.25, -0.2) is 0 Å². The lowest BCUT2D eigenvalue weighted by molar-refractivity contribution is -0.150. The van der Waals surface area contributed by atoms with Gasteiger partial charge < -0.3 is 14.6 Å². The van der Waals surface area contributed by atoms with Crippen molar-refractivity contribution in [1.82, 2.24) is 0 Å². The number of aliphatic hydroxyl groups is 1. The van der Waals surface area contributed by atoms with Crippen molar-refractivity contribution >= 4 is 5.97 Å². The lowest BCUT2D eigenvalue weighted by atomic mass is 10.0. The van der Waals surface area contributed by atoms with Crippen LogP contribution in [0.1, 0.15) is 46.0 Å². The van der Waals surface area contributed by atoms with Crippen molar-refractivity contribution in [3.63, 3.8) is 0 Å². The number of carbonyl (C=O) groups is 1. The Labute approximate surface area is 103 Å². The maximum absolute atomic E-state index is 11.4. The minimum absolute atomic E-state index is 0.0544. The third kappa shape index (κ3) is 4.28. The molecule has 0 bridgehead atoms. The van der Waals surface area contributed by atoms with E-state index in [4.69, 9.17) is 9.47 Å². The van der Waals surface area contributed by atoms with E-state index < -0.39 is 0 Å². The van der Waals surface area contributed by atoms with Crippen molar-refractivity contribution in [2.24, 2.45) is 5.92 Å². The summed E-state index contributed by atoms with van der Waals surface area (Å²) in [6, 6.07) is 0. The van der Waals surface area contributed by atoms with E-state index in [9.17, 15) is 9.90 Å². The molecule has 1 N–H and O–H groups in total. The van der Waals surface area contributed by atoms with E-state index in [1.807, 2.05) is 6.92 Å². The minimum Gasteiger partial charge on any atom is -0.469 e. The fraction of sp³-hybridized carbons (Fsp3) is 0.923. The van der Waals surface area contributed by atoms with Crippen LogP contribution in [-0.4, -0.2) is 36.5 Å². The Kier molecular flexibility index (Phi) is 5.92. The van der Waals surface area contributed by atoms with Gasteiger partial charge in [0, 0.05) is 0 Å². The summed E-state index contributed by atoms with van der Waals surface area (Å²) in [7, 11) is 1.40. The minimum atomic E-state index is -0.280. The molecule has 1 fully saturated rings. The molecular weight excluding hydrogens is 220 g/mol. The molecule has 0 aromatic carbocycles. The summed E-state index contributed by atoms with van der Waals surface area (Å²) in [5.41, 5.74) is 0. The number of methoxy groups -OCH3 is 1. The first-order valence-corrected chi connectivity index (χ1v) is 6.49. The summed E-state index contributed by atoms with van der Waals surface area (Å²) in [6.45, 7) is 3.89. The molecule has 4 atom stereocenters. The number of hydrogen-bond donors (Lipinski definition) is 1. The zero-order chi connectivity index (χ0) is 12.8. The molecule has 100 valence electrons. The molecule has 4 nitrogen and oxygen atoms in total. The van der Waals surface area contributed by atoms with Gasteiger partial charge >= 0.3 is 5.97 Å². The van der Waals surface area contributed by atoms with Crippen LogP contribution in [0.15, 0.2) is 0 Å². The summed E-state index contributed by atoms with van der Waals surface area (Å²) in [5.74, 6) is -0.432. The van der Waals surface area contributed by atoms with Gasteiger partial charge in [0.25, 0.3) is 0 Å². The quantitative estimate of drug-likeness (QED) is 0.725. The zero-order valence-corrected chi connectivity index (χ0v) is 11.0. The Hall–Kier alpha value is -0.610. The molecule has 1 rings (SSSR count). The molecule has 0 saturated carbocycles. The molecule has 4 heteroatoms. The summed E-state index contributed by atoms with van der Waals surface area (Å²) in [6.07, 6.45) is 4.03. The Morgan fingerprint density at radius 2 is 2.24 bits per heavy atom. The summed E-state index contributed by atoms with van der Waals surface area (Å²) >= 11 is 0. The number of esters is 1. The van der Waals surface area contributed by atoms with E-state index in [2.05, 4.69) is 6.92 Å². The van der Waals surface area contributed by atoms with Crippen molar-refractivity contribution in [3.8, 4) is 0 Å².